The Morgan fingerprint density at radius 3 is 2.71 bits per heavy atom. The number of aromatic nitrogens is 2. The summed E-state index contributed by atoms with van der Waals surface area (Å²) in [6.45, 7) is 3.41. The second-order valence-electron chi connectivity index (χ2n) is 3.13. The summed E-state index contributed by atoms with van der Waals surface area (Å²) in [4.78, 5) is 22.4. The van der Waals surface area contributed by atoms with Crippen molar-refractivity contribution in [3.63, 3.8) is 0 Å². The van der Waals surface area contributed by atoms with Crippen molar-refractivity contribution in [3.05, 3.63) is 35.6 Å². The summed E-state index contributed by atoms with van der Waals surface area (Å²) in [6, 6.07) is 1.72. The molecule has 0 bridgehead atoms. The van der Waals surface area contributed by atoms with Crippen LogP contribution in [0.15, 0.2) is 24.8 Å². The Labute approximate surface area is 102 Å². The molecule has 0 aliphatic rings. The Bertz CT molecular complexity index is 433. The zero-order valence-electron chi connectivity index (χ0n) is 8.76. The number of carbonyl (C=O) groups is 2. The second-order valence-corrected chi connectivity index (χ2v) is 3.52. The van der Waals surface area contributed by atoms with E-state index in [1.807, 2.05) is 0 Å². The Balaban J connectivity index is 2.73. The molecule has 1 aromatic heterocycles. The minimum Gasteiger partial charge on any atom is -0.480 e. The van der Waals surface area contributed by atoms with Gasteiger partial charge in [-0.1, -0.05) is 17.7 Å². The van der Waals surface area contributed by atoms with Gasteiger partial charge in [-0.2, -0.15) is 0 Å². The summed E-state index contributed by atoms with van der Waals surface area (Å²) in [5, 5.41) is 18.3. The van der Waals surface area contributed by atoms with Gasteiger partial charge < -0.3 is 10.4 Å². The van der Waals surface area contributed by atoms with Gasteiger partial charge in [0.15, 0.2) is 10.8 Å². The molecule has 1 amide bonds. The normalized spacial score (nSPS) is 11.6. The fraction of sp³-hybridized carbons (Fsp3) is 0.200. The van der Waals surface area contributed by atoms with E-state index in [0.717, 1.165) is 0 Å². The average molecular weight is 256 g/mol. The van der Waals surface area contributed by atoms with E-state index >= 15 is 0 Å². The Kier molecular flexibility index (Phi) is 4.59. The lowest BCUT2D eigenvalue weighted by atomic mass is 10.2. The molecule has 0 aromatic carbocycles. The molecule has 17 heavy (non-hydrogen) atoms. The molecule has 0 radical (unpaired) electrons. The number of carbonyl (C=O) groups excluding carboxylic acids is 1. The molecule has 1 unspecified atom stereocenters. The highest BCUT2D eigenvalue weighted by Gasteiger charge is 2.19. The lowest BCUT2D eigenvalue weighted by molar-refractivity contribution is -0.139. The van der Waals surface area contributed by atoms with E-state index in [2.05, 4.69) is 22.1 Å². The molecule has 7 heteroatoms. The molecule has 0 saturated carbocycles. The minimum absolute atomic E-state index is 0.00436. The number of carboxylic acids is 1. The molecule has 0 saturated heterocycles. The number of nitrogens with one attached hydrogen (secondary N) is 1. The molecule has 90 valence electrons. The van der Waals surface area contributed by atoms with Crippen LogP contribution < -0.4 is 5.32 Å². The van der Waals surface area contributed by atoms with E-state index in [4.69, 9.17) is 16.7 Å². The maximum Gasteiger partial charge on any atom is 0.326 e. The van der Waals surface area contributed by atoms with Gasteiger partial charge in [-0.05, 0) is 18.6 Å². The molecule has 6 nitrogen and oxygen atoms in total. The summed E-state index contributed by atoms with van der Waals surface area (Å²) in [5.41, 5.74) is 0.00436. The second kappa shape index (κ2) is 5.95. The van der Waals surface area contributed by atoms with Crippen LogP contribution in [0.25, 0.3) is 0 Å². The monoisotopic (exact) mass is 255 g/mol. The number of hydrogen-bond donors (Lipinski definition) is 2. The van der Waals surface area contributed by atoms with Crippen LogP contribution in [0.2, 0.25) is 5.15 Å². The van der Waals surface area contributed by atoms with E-state index < -0.39 is 17.9 Å². The van der Waals surface area contributed by atoms with E-state index in [1.54, 1.807) is 0 Å². The predicted octanol–water partition coefficient (Wildman–Crippen LogP) is 0.889. The van der Waals surface area contributed by atoms with Gasteiger partial charge in [0.05, 0.1) is 0 Å². The van der Waals surface area contributed by atoms with Crippen LogP contribution in [-0.4, -0.2) is 33.2 Å². The standard InChI is InChI=1S/C10H10ClN3O3/c1-2-3-7(10(16)17)12-9(15)6-4-5-8(11)14-13-6/h2,4-5,7H,1,3H2,(H,12,15)(H,16,17). The van der Waals surface area contributed by atoms with Crippen molar-refractivity contribution in [2.24, 2.45) is 0 Å². The number of carboxylic acid groups (broad SMARTS) is 1. The Morgan fingerprint density at radius 1 is 1.53 bits per heavy atom. The van der Waals surface area contributed by atoms with Gasteiger partial charge in [-0.15, -0.1) is 16.8 Å². The van der Waals surface area contributed by atoms with Gasteiger partial charge in [0, 0.05) is 0 Å². The number of nitrogens with zero attached hydrogens (tertiary/aromatic N) is 2. The minimum atomic E-state index is -1.14. The number of aliphatic carboxylic acids is 1. The van der Waals surface area contributed by atoms with E-state index in [-0.39, 0.29) is 17.3 Å². The van der Waals surface area contributed by atoms with Crippen LogP contribution in [-0.2, 0) is 4.79 Å². The fourth-order valence-electron chi connectivity index (χ4n) is 1.06. The first kappa shape index (κ1) is 13.1. The van der Waals surface area contributed by atoms with Gasteiger partial charge in [0.25, 0.3) is 5.91 Å². The summed E-state index contributed by atoms with van der Waals surface area (Å²) in [5.74, 6) is -1.76. The lowest BCUT2D eigenvalue weighted by Crippen LogP contribution is -2.40. The summed E-state index contributed by atoms with van der Waals surface area (Å²) in [7, 11) is 0. The van der Waals surface area contributed by atoms with Crippen LogP contribution in [0.1, 0.15) is 16.9 Å². The smallest absolute Gasteiger partial charge is 0.326 e. The Morgan fingerprint density at radius 2 is 2.24 bits per heavy atom. The topological polar surface area (TPSA) is 92.2 Å². The first-order chi connectivity index (χ1) is 8.04. The molecule has 0 spiro atoms. The van der Waals surface area contributed by atoms with Crippen LogP contribution in [0.3, 0.4) is 0 Å². The van der Waals surface area contributed by atoms with Crippen molar-refractivity contribution in [2.45, 2.75) is 12.5 Å². The largest absolute Gasteiger partial charge is 0.480 e. The third-order valence-corrected chi connectivity index (χ3v) is 2.07. The van der Waals surface area contributed by atoms with Gasteiger partial charge in [-0.25, -0.2) is 4.79 Å². The quantitative estimate of drug-likeness (QED) is 0.763. The first-order valence-corrected chi connectivity index (χ1v) is 5.06. The summed E-state index contributed by atoms with van der Waals surface area (Å²) in [6.07, 6.45) is 1.54. The number of amides is 1. The molecule has 2 N–H and O–H groups in total. The predicted molar refractivity (Wildman–Crippen MR) is 60.7 cm³/mol. The molecule has 1 atom stereocenters. The summed E-state index contributed by atoms with van der Waals surface area (Å²) < 4.78 is 0. The van der Waals surface area contributed by atoms with Crippen molar-refractivity contribution < 1.29 is 14.7 Å². The number of rotatable bonds is 5. The van der Waals surface area contributed by atoms with Gasteiger partial charge in [-0.3, -0.25) is 4.79 Å². The van der Waals surface area contributed by atoms with Crippen LogP contribution in [0, 0.1) is 0 Å². The maximum atomic E-state index is 11.6. The first-order valence-electron chi connectivity index (χ1n) is 4.68. The SMILES string of the molecule is C=CCC(NC(=O)c1ccc(Cl)nn1)C(=O)O. The van der Waals surface area contributed by atoms with Gasteiger partial charge in [0.1, 0.15) is 6.04 Å². The van der Waals surface area contributed by atoms with Crippen LogP contribution in [0.4, 0.5) is 0 Å². The highest BCUT2D eigenvalue weighted by atomic mass is 35.5. The Hall–Kier alpha value is -1.95. The molecular formula is C10H10ClN3O3. The number of halogens is 1. The van der Waals surface area contributed by atoms with E-state index in [0.29, 0.717) is 0 Å². The van der Waals surface area contributed by atoms with Gasteiger partial charge in [0.2, 0.25) is 0 Å². The van der Waals surface area contributed by atoms with Crippen molar-refractivity contribution in [1.29, 1.82) is 0 Å². The highest BCUT2D eigenvalue weighted by Crippen LogP contribution is 2.03. The summed E-state index contributed by atoms with van der Waals surface area (Å²) >= 11 is 5.51. The molecule has 1 aromatic rings. The molecular weight excluding hydrogens is 246 g/mol. The molecule has 0 aliphatic carbocycles. The van der Waals surface area contributed by atoms with Crippen molar-refractivity contribution in [2.75, 3.05) is 0 Å². The molecule has 1 heterocycles. The molecule has 1 rings (SSSR count). The van der Waals surface area contributed by atoms with Gasteiger partial charge >= 0.3 is 5.97 Å². The average Bonchev–Trinajstić information content (AvgIpc) is 2.29. The van der Waals surface area contributed by atoms with Crippen molar-refractivity contribution in [1.82, 2.24) is 15.5 Å². The zero-order chi connectivity index (χ0) is 12.8. The van der Waals surface area contributed by atoms with Crippen molar-refractivity contribution in [3.8, 4) is 0 Å². The fourth-order valence-corrected chi connectivity index (χ4v) is 1.16. The third kappa shape index (κ3) is 3.84. The molecule has 0 aliphatic heterocycles. The van der Waals surface area contributed by atoms with Crippen molar-refractivity contribution >= 4 is 23.5 Å². The zero-order valence-corrected chi connectivity index (χ0v) is 9.52. The van der Waals surface area contributed by atoms with Crippen LogP contribution >= 0.6 is 11.6 Å². The highest BCUT2D eigenvalue weighted by molar-refractivity contribution is 6.29. The third-order valence-electron chi connectivity index (χ3n) is 1.87. The maximum absolute atomic E-state index is 11.6. The lowest BCUT2D eigenvalue weighted by Gasteiger charge is -2.11. The van der Waals surface area contributed by atoms with Crippen LogP contribution in [0.5, 0.6) is 0 Å². The van der Waals surface area contributed by atoms with E-state index in [9.17, 15) is 9.59 Å². The molecule has 0 fully saturated rings. The number of hydrogen-bond acceptors (Lipinski definition) is 4. The van der Waals surface area contributed by atoms with E-state index in [1.165, 1.54) is 18.2 Å².